The Bertz CT molecular complexity index is 794. The summed E-state index contributed by atoms with van der Waals surface area (Å²) in [6.07, 6.45) is 1.73. The first-order chi connectivity index (χ1) is 10.6. The number of thioether (sulfide) groups is 1. The molecule has 0 fully saturated rings. The number of benzene rings is 1. The number of hydrogen-bond acceptors (Lipinski definition) is 5. The van der Waals surface area contributed by atoms with E-state index in [0.29, 0.717) is 10.9 Å². The van der Waals surface area contributed by atoms with Gasteiger partial charge >= 0.3 is 0 Å². The fraction of sp³-hybridized carbons (Fsp3) is 0.200. The van der Waals surface area contributed by atoms with E-state index in [-0.39, 0.29) is 11.5 Å². The van der Waals surface area contributed by atoms with Gasteiger partial charge in [-0.05, 0) is 53.6 Å². The number of ketones is 1. The number of Topliss-reactive ketones (excluding diaryl/α,β-unsaturated/α-hetero) is 1. The quantitative estimate of drug-likeness (QED) is 0.579. The van der Waals surface area contributed by atoms with E-state index < -0.39 is 0 Å². The highest BCUT2D eigenvalue weighted by molar-refractivity contribution is 7.99. The molecule has 22 heavy (non-hydrogen) atoms. The van der Waals surface area contributed by atoms with Crippen molar-refractivity contribution in [3.63, 3.8) is 0 Å². The van der Waals surface area contributed by atoms with Crippen LogP contribution in [0.5, 0.6) is 0 Å². The second-order valence-electron chi connectivity index (χ2n) is 4.96. The molecule has 0 unspecified atom stereocenters. The number of H-pyrrole nitrogens is 1. The Labute approximate surface area is 131 Å². The number of carbonyl (C=O) groups is 1. The van der Waals surface area contributed by atoms with Crippen molar-refractivity contribution in [1.29, 1.82) is 0 Å². The van der Waals surface area contributed by atoms with Gasteiger partial charge in [-0.3, -0.25) is 4.79 Å². The van der Waals surface area contributed by atoms with Gasteiger partial charge in [0.25, 0.3) is 0 Å². The van der Waals surface area contributed by atoms with Gasteiger partial charge < -0.3 is 4.98 Å². The van der Waals surface area contributed by atoms with Crippen molar-refractivity contribution in [2.45, 2.75) is 19.0 Å². The molecule has 1 aromatic carbocycles. The lowest BCUT2D eigenvalue weighted by atomic mass is 10.1. The van der Waals surface area contributed by atoms with Crippen LogP contribution in [0.1, 0.15) is 21.6 Å². The first-order valence-electron chi connectivity index (χ1n) is 6.80. The third kappa shape index (κ3) is 2.94. The van der Waals surface area contributed by atoms with Crippen LogP contribution < -0.4 is 0 Å². The molecule has 0 spiro atoms. The molecule has 0 atom stereocenters. The monoisotopic (exact) mass is 313 g/mol. The van der Waals surface area contributed by atoms with Crippen LogP contribution in [0.15, 0.2) is 41.7 Å². The second kappa shape index (κ2) is 6.15. The average Bonchev–Trinajstić information content (AvgIpc) is 3.18. The number of tetrazole rings is 1. The smallest absolute Gasteiger partial charge is 0.214 e. The standard InChI is InChI=1S/C15H15N5OS/c1-10-5-6-11(2)13(8-10)20-15(17-18-19-20)22-9-14(21)12-4-3-7-16-12/h3-8,16H,9H2,1-2H3. The van der Waals surface area contributed by atoms with E-state index in [1.54, 1.807) is 23.0 Å². The molecule has 6 nitrogen and oxygen atoms in total. The molecule has 0 aliphatic carbocycles. The minimum Gasteiger partial charge on any atom is -0.359 e. The normalized spacial score (nSPS) is 10.8. The van der Waals surface area contributed by atoms with Gasteiger partial charge in [-0.2, -0.15) is 4.68 Å². The van der Waals surface area contributed by atoms with Gasteiger partial charge in [0.05, 0.1) is 17.1 Å². The van der Waals surface area contributed by atoms with Crippen molar-refractivity contribution in [2.24, 2.45) is 0 Å². The van der Waals surface area contributed by atoms with Crippen molar-refractivity contribution < 1.29 is 4.79 Å². The van der Waals surface area contributed by atoms with Crippen LogP contribution in [0, 0.1) is 13.8 Å². The summed E-state index contributed by atoms with van der Waals surface area (Å²) in [5.74, 6) is 0.302. The van der Waals surface area contributed by atoms with E-state index in [9.17, 15) is 4.79 Å². The number of hydrogen-bond donors (Lipinski definition) is 1. The zero-order valence-electron chi connectivity index (χ0n) is 12.3. The molecule has 3 rings (SSSR count). The summed E-state index contributed by atoms with van der Waals surface area (Å²) >= 11 is 1.33. The van der Waals surface area contributed by atoms with Gasteiger partial charge in [0.15, 0.2) is 5.78 Å². The van der Waals surface area contributed by atoms with Crippen molar-refractivity contribution in [1.82, 2.24) is 25.2 Å². The Morgan fingerprint density at radius 2 is 2.18 bits per heavy atom. The predicted octanol–water partition coefficient (Wildman–Crippen LogP) is 2.58. The molecule has 0 saturated carbocycles. The van der Waals surface area contributed by atoms with E-state index in [2.05, 4.69) is 20.5 Å². The van der Waals surface area contributed by atoms with E-state index in [1.165, 1.54) is 11.8 Å². The van der Waals surface area contributed by atoms with Crippen molar-refractivity contribution >= 4 is 17.5 Å². The number of nitrogens with zero attached hydrogens (tertiary/aromatic N) is 4. The molecule has 0 saturated heterocycles. The summed E-state index contributed by atoms with van der Waals surface area (Å²) in [5.41, 5.74) is 3.74. The summed E-state index contributed by atoms with van der Waals surface area (Å²) in [7, 11) is 0. The molecule has 3 aromatic rings. The second-order valence-corrected chi connectivity index (χ2v) is 5.90. The number of aryl methyl sites for hydroxylation is 2. The number of carbonyl (C=O) groups excluding carboxylic acids is 1. The minimum absolute atomic E-state index is 0.0190. The summed E-state index contributed by atoms with van der Waals surface area (Å²) in [6.45, 7) is 4.03. The zero-order chi connectivity index (χ0) is 15.5. The molecule has 0 radical (unpaired) electrons. The lowest BCUT2D eigenvalue weighted by molar-refractivity contribution is 0.101. The highest BCUT2D eigenvalue weighted by Crippen LogP contribution is 2.22. The molecule has 2 aromatic heterocycles. The summed E-state index contributed by atoms with van der Waals surface area (Å²) in [4.78, 5) is 14.9. The van der Waals surface area contributed by atoms with Crippen LogP contribution in [-0.4, -0.2) is 36.7 Å². The topological polar surface area (TPSA) is 76.5 Å². The van der Waals surface area contributed by atoms with Crippen LogP contribution >= 0.6 is 11.8 Å². The molecule has 2 heterocycles. The lowest BCUT2D eigenvalue weighted by Gasteiger charge is -2.08. The van der Waals surface area contributed by atoms with Gasteiger partial charge in [0, 0.05) is 6.20 Å². The summed E-state index contributed by atoms with van der Waals surface area (Å²) in [5, 5.41) is 12.4. The number of aromatic nitrogens is 5. The van der Waals surface area contributed by atoms with Gasteiger partial charge in [-0.1, -0.05) is 23.9 Å². The Kier molecular flexibility index (Phi) is 4.06. The summed E-state index contributed by atoms with van der Waals surface area (Å²) < 4.78 is 1.68. The largest absolute Gasteiger partial charge is 0.359 e. The Morgan fingerprint density at radius 1 is 1.32 bits per heavy atom. The molecule has 1 N–H and O–H groups in total. The van der Waals surface area contributed by atoms with Crippen molar-refractivity contribution in [3.8, 4) is 5.69 Å². The molecule has 7 heteroatoms. The molecule has 0 aliphatic heterocycles. The van der Waals surface area contributed by atoms with Crippen molar-refractivity contribution in [3.05, 3.63) is 53.3 Å². The first kappa shape index (κ1) is 14.5. The van der Waals surface area contributed by atoms with Crippen LogP contribution in [0.4, 0.5) is 0 Å². The molecule has 0 bridgehead atoms. The number of rotatable bonds is 5. The van der Waals surface area contributed by atoms with Crippen LogP contribution in [-0.2, 0) is 0 Å². The highest BCUT2D eigenvalue weighted by atomic mass is 32.2. The highest BCUT2D eigenvalue weighted by Gasteiger charge is 2.14. The number of nitrogens with one attached hydrogen (secondary N) is 1. The molecule has 0 amide bonds. The zero-order valence-corrected chi connectivity index (χ0v) is 13.1. The van der Waals surface area contributed by atoms with E-state index in [0.717, 1.165) is 16.8 Å². The van der Waals surface area contributed by atoms with Gasteiger partial charge in [-0.25, -0.2) is 0 Å². The third-order valence-electron chi connectivity index (χ3n) is 3.26. The van der Waals surface area contributed by atoms with E-state index in [1.807, 2.05) is 32.0 Å². The fourth-order valence-electron chi connectivity index (χ4n) is 2.08. The maximum Gasteiger partial charge on any atom is 0.214 e. The SMILES string of the molecule is Cc1ccc(C)c(-n2nnnc2SCC(=O)c2ccc[nH]2)c1. The first-order valence-corrected chi connectivity index (χ1v) is 7.79. The van der Waals surface area contributed by atoms with Crippen LogP contribution in [0.2, 0.25) is 0 Å². The van der Waals surface area contributed by atoms with E-state index in [4.69, 9.17) is 0 Å². The van der Waals surface area contributed by atoms with Gasteiger partial charge in [0.2, 0.25) is 5.16 Å². The minimum atomic E-state index is 0.0190. The maximum atomic E-state index is 12.0. The third-order valence-corrected chi connectivity index (χ3v) is 4.18. The van der Waals surface area contributed by atoms with Crippen LogP contribution in [0.3, 0.4) is 0 Å². The fourth-order valence-corrected chi connectivity index (χ4v) is 2.85. The van der Waals surface area contributed by atoms with Gasteiger partial charge in [0.1, 0.15) is 0 Å². The van der Waals surface area contributed by atoms with Crippen molar-refractivity contribution in [2.75, 3.05) is 5.75 Å². The van der Waals surface area contributed by atoms with Gasteiger partial charge in [-0.15, -0.1) is 5.10 Å². The maximum absolute atomic E-state index is 12.0. The lowest BCUT2D eigenvalue weighted by Crippen LogP contribution is -2.06. The Morgan fingerprint density at radius 3 is 2.95 bits per heavy atom. The summed E-state index contributed by atoms with van der Waals surface area (Å²) in [6, 6.07) is 9.67. The molecule has 112 valence electrons. The number of aromatic amines is 1. The Balaban J connectivity index is 1.81. The predicted molar refractivity (Wildman–Crippen MR) is 84.5 cm³/mol. The Hall–Kier alpha value is -2.41. The van der Waals surface area contributed by atoms with Crippen LogP contribution in [0.25, 0.3) is 5.69 Å². The molecular formula is C15H15N5OS. The van der Waals surface area contributed by atoms with E-state index >= 15 is 0 Å². The molecule has 0 aliphatic rings. The molecular weight excluding hydrogens is 298 g/mol. The average molecular weight is 313 g/mol.